The third-order valence-electron chi connectivity index (χ3n) is 3.14. The second kappa shape index (κ2) is 9.34. The standard InChI is InChI=1S/C14H30N2O2/c1-7-12(8-2)16(6)10-13(15-11(4)5)14(17)18-9-3/h11-13,15H,7-10H2,1-6H3. The van der Waals surface area contributed by atoms with Crippen LogP contribution in [0.4, 0.5) is 0 Å². The molecule has 0 aromatic carbocycles. The van der Waals surface area contributed by atoms with Gasteiger partial charge in [-0.25, -0.2) is 0 Å². The molecule has 0 aromatic rings. The van der Waals surface area contributed by atoms with Crippen LogP contribution in [-0.4, -0.2) is 49.2 Å². The lowest BCUT2D eigenvalue weighted by atomic mass is 10.1. The lowest BCUT2D eigenvalue weighted by molar-refractivity contribution is -0.146. The topological polar surface area (TPSA) is 41.6 Å². The Hall–Kier alpha value is -0.610. The third-order valence-corrected chi connectivity index (χ3v) is 3.14. The fourth-order valence-electron chi connectivity index (χ4n) is 2.19. The first kappa shape index (κ1) is 17.4. The molecular weight excluding hydrogens is 228 g/mol. The number of nitrogens with one attached hydrogen (secondary N) is 1. The molecule has 0 rings (SSSR count). The second-order valence-corrected chi connectivity index (χ2v) is 5.04. The zero-order valence-electron chi connectivity index (χ0n) is 12.8. The van der Waals surface area contributed by atoms with E-state index in [9.17, 15) is 4.79 Å². The SMILES string of the molecule is CCOC(=O)C(CN(C)C(CC)CC)NC(C)C. The lowest BCUT2D eigenvalue weighted by Crippen LogP contribution is -2.50. The van der Waals surface area contributed by atoms with Crippen LogP contribution < -0.4 is 5.32 Å². The molecule has 4 heteroatoms. The summed E-state index contributed by atoms with van der Waals surface area (Å²) in [5.74, 6) is -0.149. The molecule has 0 saturated heterocycles. The predicted molar refractivity (Wildman–Crippen MR) is 75.7 cm³/mol. The number of carbonyl (C=O) groups excluding carboxylic acids is 1. The van der Waals surface area contributed by atoms with Crippen molar-refractivity contribution in [3.8, 4) is 0 Å². The number of hydrogen-bond acceptors (Lipinski definition) is 4. The van der Waals surface area contributed by atoms with Crippen molar-refractivity contribution in [3.05, 3.63) is 0 Å². The van der Waals surface area contributed by atoms with Gasteiger partial charge in [-0.15, -0.1) is 0 Å². The van der Waals surface area contributed by atoms with Crippen molar-refractivity contribution in [1.82, 2.24) is 10.2 Å². The molecule has 0 aliphatic heterocycles. The van der Waals surface area contributed by atoms with Gasteiger partial charge in [0.2, 0.25) is 0 Å². The molecule has 0 amide bonds. The summed E-state index contributed by atoms with van der Waals surface area (Å²) in [5.41, 5.74) is 0. The summed E-state index contributed by atoms with van der Waals surface area (Å²) < 4.78 is 5.12. The Morgan fingerprint density at radius 3 is 2.17 bits per heavy atom. The molecular formula is C14H30N2O2. The molecule has 1 unspecified atom stereocenters. The molecule has 4 nitrogen and oxygen atoms in total. The monoisotopic (exact) mass is 258 g/mol. The lowest BCUT2D eigenvalue weighted by Gasteiger charge is -2.30. The van der Waals surface area contributed by atoms with Gasteiger partial charge in [0.25, 0.3) is 0 Å². The Balaban J connectivity index is 4.51. The minimum absolute atomic E-state index is 0.149. The second-order valence-electron chi connectivity index (χ2n) is 5.04. The number of ether oxygens (including phenoxy) is 1. The highest BCUT2D eigenvalue weighted by Gasteiger charge is 2.24. The van der Waals surface area contributed by atoms with Gasteiger partial charge in [-0.3, -0.25) is 4.79 Å². The van der Waals surface area contributed by atoms with Gasteiger partial charge < -0.3 is 15.0 Å². The van der Waals surface area contributed by atoms with Gasteiger partial charge in [0.05, 0.1) is 6.61 Å². The molecule has 0 heterocycles. The Morgan fingerprint density at radius 1 is 1.22 bits per heavy atom. The summed E-state index contributed by atoms with van der Waals surface area (Å²) in [5, 5.41) is 3.28. The number of rotatable bonds is 9. The van der Waals surface area contributed by atoms with Crippen molar-refractivity contribution in [2.75, 3.05) is 20.2 Å². The van der Waals surface area contributed by atoms with Gasteiger partial charge in [-0.1, -0.05) is 27.7 Å². The third kappa shape index (κ3) is 6.36. The fourth-order valence-corrected chi connectivity index (χ4v) is 2.19. The van der Waals surface area contributed by atoms with Crippen LogP contribution in [0.3, 0.4) is 0 Å². The van der Waals surface area contributed by atoms with E-state index in [4.69, 9.17) is 4.74 Å². The molecule has 0 aromatic heterocycles. The maximum Gasteiger partial charge on any atom is 0.324 e. The average Bonchev–Trinajstić information content (AvgIpc) is 2.29. The minimum Gasteiger partial charge on any atom is -0.465 e. The van der Waals surface area contributed by atoms with E-state index in [1.54, 1.807) is 0 Å². The summed E-state index contributed by atoms with van der Waals surface area (Å²) in [6.45, 7) is 11.4. The number of nitrogens with zero attached hydrogens (tertiary/aromatic N) is 1. The minimum atomic E-state index is -0.240. The molecule has 0 radical (unpaired) electrons. The Bertz CT molecular complexity index is 228. The van der Waals surface area contributed by atoms with Gasteiger partial charge >= 0.3 is 5.97 Å². The van der Waals surface area contributed by atoms with Crippen molar-refractivity contribution in [1.29, 1.82) is 0 Å². The van der Waals surface area contributed by atoms with E-state index in [1.807, 2.05) is 20.8 Å². The van der Waals surface area contributed by atoms with E-state index < -0.39 is 0 Å². The van der Waals surface area contributed by atoms with Gasteiger partial charge in [0.1, 0.15) is 6.04 Å². The first-order chi connectivity index (χ1) is 8.46. The van der Waals surface area contributed by atoms with Crippen molar-refractivity contribution < 1.29 is 9.53 Å². The number of carbonyl (C=O) groups is 1. The normalized spacial score (nSPS) is 13.4. The number of likely N-dealkylation sites (N-methyl/N-ethyl adjacent to an activating group) is 1. The van der Waals surface area contributed by atoms with Crippen LogP contribution >= 0.6 is 0 Å². The summed E-state index contributed by atoms with van der Waals surface area (Å²) in [7, 11) is 2.08. The average molecular weight is 258 g/mol. The first-order valence-electron chi connectivity index (χ1n) is 7.09. The van der Waals surface area contributed by atoms with E-state index in [0.717, 1.165) is 12.8 Å². The van der Waals surface area contributed by atoms with Crippen LogP contribution in [0.5, 0.6) is 0 Å². The van der Waals surface area contributed by atoms with Crippen molar-refractivity contribution >= 4 is 5.97 Å². The molecule has 0 bridgehead atoms. The van der Waals surface area contributed by atoms with E-state index >= 15 is 0 Å². The van der Waals surface area contributed by atoms with E-state index in [1.165, 1.54) is 0 Å². The molecule has 0 fully saturated rings. The number of esters is 1. The van der Waals surface area contributed by atoms with Crippen LogP contribution in [0.25, 0.3) is 0 Å². The Labute approximate surface area is 112 Å². The molecule has 0 aliphatic rings. The molecule has 1 atom stereocenters. The maximum atomic E-state index is 11.9. The van der Waals surface area contributed by atoms with Gasteiger partial charge in [-0.05, 0) is 26.8 Å². The van der Waals surface area contributed by atoms with Crippen LogP contribution in [0, 0.1) is 0 Å². The quantitative estimate of drug-likeness (QED) is 0.643. The molecule has 18 heavy (non-hydrogen) atoms. The fraction of sp³-hybridized carbons (Fsp3) is 0.929. The number of hydrogen-bond donors (Lipinski definition) is 1. The molecule has 1 N–H and O–H groups in total. The summed E-state index contributed by atoms with van der Waals surface area (Å²) in [6, 6.07) is 0.556. The molecule has 108 valence electrons. The van der Waals surface area contributed by atoms with Crippen LogP contribution in [0.2, 0.25) is 0 Å². The van der Waals surface area contributed by atoms with E-state index in [0.29, 0.717) is 19.2 Å². The largest absolute Gasteiger partial charge is 0.465 e. The highest BCUT2D eigenvalue weighted by molar-refractivity contribution is 5.76. The highest BCUT2D eigenvalue weighted by Crippen LogP contribution is 2.07. The van der Waals surface area contributed by atoms with E-state index in [2.05, 4.69) is 31.1 Å². The molecule has 0 aliphatic carbocycles. The van der Waals surface area contributed by atoms with Gasteiger partial charge in [-0.2, -0.15) is 0 Å². The Kier molecular flexibility index (Phi) is 9.02. The van der Waals surface area contributed by atoms with Crippen LogP contribution in [0.15, 0.2) is 0 Å². The highest BCUT2D eigenvalue weighted by atomic mass is 16.5. The van der Waals surface area contributed by atoms with Gasteiger partial charge in [0.15, 0.2) is 0 Å². The van der Waals surface area contributed by atoms with Crippen molar-refractivity contribution in [3.63, 3.8) is 0 Å². The zero-order chi connectivity index (χ0) is 14.1. The molecule has 0 saturated carbocycles. The van der Waals surface area contributed by atoms with Crippen molar-refractivity contribution in [2.24, 2.45) is 0 Å². The smallest absolute Gasteiger partial charge is 0.324 e. The van der Waals surface area contributed by atoms with Crippen molar-refractivity contribution in [2.45, 2.75) is 65.6 Å². The molecule has 0 spiro atoms. The first-order valence-corrected chi connectivity index (χ1v) is 7.09. The van der Waals surface area contributed by atoms with Crippen LogP contribution in [0.1, 0.15) is 47.5 Å². The van der Waals surface area contributed by atoms with Crippen LogP contribution in [-0.2, 0) is 9.53 Å². The maximum absolute atomic E-state index is 11.9. The predicted octanol–water partition coefficient (Wildman–Crippen LogP) is 2.04. The summed E-state index contributed by atoms with van der Waals surface area (Å²) in [4.78, 5) is 14.1. The summed E-state index contributed by atoms with van der Waals surface area (Å²) >= 11 is 0. The zero-order valence-corrected chi connectivity index (χ0v) is 12.8. The Morgan fingerprint density at radius 2 is 1.78 bits per heavy atom. The van der Waals surface area contributed by atoms with Gasteiger partial charge in [0, 0.05) is 18.6 Å². The summed E-state index contributed by atoms with van der Waals surface area (Å²) in [6.07, 6.45) is 2.20. The van der Waals surface area contributed by atoms with E-state index in [-0.39, 0.29) is 18.1 Å².